The molecule has 0 radical (unpaired) electrons. The number of hydrogen-bond acceptors (Lipinski definition) is 13. The highest BCUT2D eigenvalue weighted by Gasteiger charge is 2.55. The van der Waals surface area contributed by atoms with E-state index in [0.717, 1.165) is 12.0 Å². The van der Waals surface area contributed by atoms with Gasteiger partial charge in [0.25, 0.3) is 11.7 Å². The van der Waals surface area contributed by atoms with Crippen LogP contribution in [0.5, 0.6) is 0 Å². The number of piperidine rings is 1. The Bertz CT molecular complexity index is 1810. The average Bonchev–Trinajstić information content (AvgIpc) is 3.28. The zero-order valence-corrected chi connectivity index (χ0v) is 41.5. The highest BCUT2D eigenvalue weighted by molar-refractivity contribution is 6.39. The van der Waals surface area contributed by atoms with Crippen LogP contribution < -0.4 is 0 Å². The minimum atomic E-state index is -2.45. The number of aliphatic hydroxyl groups excluding tert-OH is 2. The number of carbonyl (C=O) groups excluding carboxylic acids is 5. The maximum Gasteiger partial charge on any atom is 0.332 e. The quantitative estimate of drug-likeness (QED) is 0.147. The Hall–Kier alpha value is -3.37. The second-order valence-corrected chi connectivity index (χ2v) is 20.2. The first-order valence-corrected chi connectivity index (χ1v) is 24.3. The molecule has 4 rings (SSSR count). The highest BCUT2D eigenvalue weighted by Crippen LogP contribution is 2.39. The van der Waals surface area contributed by atoms with Crippen molar-refractivity contribution in [3.63, 3.8) is 0 Å². The van der Waals surface area contributed by atoms with Crippen molar-refractivity contribution in [2.24, 2.45) is 35.5 Å². The first-order valence-electron chi connectivity index (χ1n) is 24.3. The van der Waals surface area contributed by atoms with Gasteiger partial charge in [0, 0.05) is 58.5 Å². The van der Waals surface area contributed by atoms with Crippen LogP contribution in [0.15, 0.2) is 47.6 Å². The Morgan fingerprint density at radius 3 is 2.24 bits per heavy atom. The summed E-state index contributed by atoms with van der Waals surface area (Å²) in [5.41, 5.74) is -0.343. The van der Waals surface area contributed by atoms with Crippen LogP contribution in [0.2, 0.25) is 0 Å². The van der Waals surface area contributed by atoms with E-state index in [2.05, 4.69) is 0 Å². The summed E-state index contributed by atoms with van der Waals surface area (Å²) >= 11 is 0. The van der Waals surface area contributed by atoms with Crippen molar-refractivity contribution in [2.45, 2.75) is 186 Å². The number of fused-ring (bicyclic) bond motifs is 3. The lowest BCUT2D eigenvalue weighted by atomic mass is 9.78. The number of amides is 1. The van der Waals surface area contributed by atoms with Gasteiger partial charge in [0.2, 0.25) is 5.79 Å². The Balaban J connectivity index is 1.73. The lowest BCUT2D eigenvalue weighted by Gasteiger charge is -2.46. The summed E-state index contributed by atoms with van der Waals surface area (Å²) in [5.74, 6) is -8.07. The minimum absolute atomic E-state index is 0.0171. The number of esters is 1. The molecule has 1 aliphatic carbocycles. The molecule has 0 aromatic rings. The number of hydrogen-bond donors (Lipinski definition) is 3. The standard InChI is InChI=1S/C52H81NO13/c1-31-17-13-12-14-18-32(2)42(62-9)29-39-21-19-37(7)52(61,66-39)48(58)49(59)53-24-16-15-23-51(53,8)50(60)65-43(34(4)27-38-20-22-40(54)44(28-38)63-10)30-41(55)33(3)26-36(6)46(57)47(64-11)45(56)35(5)25-31/h12-14,17-18,26,31,33-35,37-40,42-44,46-47,54,57,61H,15-16,19-25,27-30H2,1-11H3/b14-12+,17-13-,32-18+,36-26+/t31-,33-,34-,35-,37-,38?,39+,40-,42+,43+,44-,46-,47+,51+,52-/m1/s1. The molecule has 0 aromatic heterocycles. The number of rotatable bonds is 6. The molecular weight excluding hydrogens is 847 g/mol. The molecule has 372 valence electrons. The Kier molecular flexibility index (Phi) is 20.7. The van der Waals surface area contributed by atoms with Gasteiger partial charge in [-0.15, -0.1) is 0 Å². The maximum absolute atomic E-state index is 14.7. The average molecular weight is 928 g/mol. The van der Waals surface area contributed by atoms with E-state index in [1.807, 2.05) is 58.1 Å². The lowest BCUT2D eigenvalue weighted by molar-refractivity contribution is -0.266. The first kappa shape index (κ1) is 55.2. The van der Waals surface area contributed by atoms with Gasteiger partial charge < -0.3 is 43.9 Å². The fourth-order valence-corrected chi connectivity index (χ4v) is 10.4. The predicted molar refractivity (Wildman–Crippen MR) is 250 cm³/mol. The fraction of sp³-hybridized carbons (Fsp3) is 0.750. The molecule has 15 atom stereocenters. The van der Waals surface area contributed by atoms with Gasteiger partial charge in [-0.05, 0) is 114 Å². The molecule has 0 spiro atoms. The van der Waals surface area contributed by atoms with Crippen molar-refractivity contribution in [1.82, 2.24) is 4.90 Å². The minimum Gasteiger partial charge on any atom is -0.460 e. The molecule has 3 fully saturated rings. The van der Waals surface area contributed by atoms with Crippen molar-refractivity contribution in [3.05, 3.63) is 47.6 Å². The fourth-order valence-electron chi connectivity index (χ4n) is 10.4. The first-order chi connectivity index (χ1) is 31.1. The zero-order valence-electron chi connectivity index (χ0n) is 41.5. The third-order valence-electron chi connectivity index (χ3n) is 15.0. The van der Waals surface area contributed by atoms with Crippen LogP contribution in [0.4, 0.5) is 0 Å². The summed E-state index contributed by atoms with van der Waals surface area (Å²) in [6.07, 6.45) is 11.0. The summed E-state index contributed by atoms with van der Waals surface area (Å²) < 4.78 is 29.5. The van der Waals surface area contributed by atoms with Crippen LogP contribution in [-0.4, -0.2) is 131 Å². The van der Waals surface area contributed by atoms with Gasteiger partial charge in [-0.1, -0.05) is 71.1 Å². The number of allylic oxidation sites excluding steroid dienone is 6. The molecular formula is C52H81NO13. The van der Waals surface area contributed by atoms with E-state index in [1.54, 1.807) is 48.0 Å². The van der Waals surface area contributed by atoms with Crippen molar-refractivity contribution >= 4 is 29.2 Å². The molecule has 1 unspecified atom stereocenters. The van der Waals surface area contributed by atoms with Crippen LogP contribution in [0.3, 0.4) is 0 Å². The van der Waals surface area contributed by atoms with E-state index in [-0.39, 0.29) is 54.8 Å². The van der Waals surface area contributed by atoms with E-state index >= 15 is 0 Å². The SMILES string of the molecule is CO[C@H]1C[C@@H]2CC[C@@H](C)[C@@](O)(O2)C(=O)C(=O)N2CCCC[C@@]2(C)C(=O)O[C@H]([C@H](C)CC2CC[C@@H](O)[C@H](OC)C2)CC(=O)[C@H](C)/C=C(\C)[C@@H](O)[C@@H](OC)C(=O)[C@H](C)C[C@H](C)\C=C/C=C/C=C/1C. The normalized spacial score (nSPS) is 41.1. The topological polar surface area (TPSA) is 195 Å². The van der Waals surface area contributed by atoms with Crippen LogP contribution in [0.25, 0.3) is 0 Å². The molecule has 4 aliphatic rings. The van der Waals surface area contributed by atoms with E-state index < -0.39 is 83.4 Å². The Morgan fingerprint density at radius 2 is 1.58 bits per heavy atom. The third-order valence-corrected chi connectivity index (χ3v) is 15.0. The number of nitrogens with zero attached hydrogens (tertiary/aromatic N) is 1. The number of carbonyl (C=O) groups is 5. The van der Waals surface area contributed by atoms with Crippen LogP contribution in [-0.2, 0) is 47.7 Å². The summed E-state index contributed by atoms with van der Waals surface area (Å²) in [6, 6.07) is 0. The molecule has 66 heavy (non-hydrogen) atoms. The summed E-state index contributed by atoms with van der Waals surface area (Å²) in [7, 11) is 4.52. The van der Waals surface area contributed by atoms with Gasteiger partial charge in [0.05, 0.1) is 24.4 Å². The monoisotopic (exact) mass is 928 g/mol. The maximum atomic E-state index is 14.7. The number of aliphatic hydroxyl groups is 3. The molecule has 1 amide bonds. The molecule has 14 heteroatoms. The number of ether oxygens (including phenoxy) is 5. The van der Waals surface area contributed by atoms with Gasteiger partial charge in [0.1, 0.15) is 29.6 Å². The van der Waals surface area contributed by atoms with E-state index in [4.69, 9.17) is 23.7 Å². The second kappa shape index (κ2) is 24.8. The van der Waals surface area contributed by atoms with Crippen LogP contribution in [0, 0.1) is 35.5 Å². The Morgan fingerprint density at radius 1 is 0.864 bits per heavy atom. The molecule has 3 heterocycles. The predicted octanol–water partition coefficient (Wildman–Crippen LogP) is 6.57. The van der Waals surface area contributed by atoms with Gasteiger partial charge in [0.15, 0.2) is 5.78 Å². The molecule has 0 aromatic carbocycles. The molecule has 2 bridgehead atoms. The van der Waals surface area contributed by atoms with Crippen molar-refractivity contribution < 1.29 is 63.0 Å². The van der Waals surface area contributed by atoms with Gasteiger partial charge in [-0.25, -0.2) is 4.79 Å². The number of methoxy groups -OCH3 is 3. The van der Waals surface area contributed by atoms with Crippen molar-refractivity contribution in [3.8, 4) is 0 Å². The molecule has 1 saturated carbocycles. The zero-order chi connectivity index (χ0) is 49.1. The lowest BCUT2D eigenvalue weighted by Crippen LogP contribution is -2.64. The number of ketones is 3. The summed E-state index contributed by atoms with van der Waals surface area (Å²) in [6.45, 7) is 14.3. The van der Waals surface area contributed by atoms with Crippen LogP contribution >= 0.6 is 0 Å². The highest BCUT2D eigenvalue weighted by atomic mass is 16.6. The van der Waals surface area contributed by atoms with E-state index in [1.165, 1.54) is 12.0 Å². The Labute approximate surface area is 393 Å². The van der Waals surface area contributed by atoms with E-state index in [9.17, 15) is 39.3 Å². The summed E-state index contributed by atoms with van der Waals surface area (Å²) in [4.78, 5) is 72.6. The molecule has 2 saturated heterocycles. The summed E-state index contributed by atoms with van der Waals surface area (Å²) in [5, 5.41) is 34.0. The van der Waals surface area contributed by atoms with Crippen LogP contribution in [0.1, 0.15) is 132 Å². The molecule has 3 aliphatic heterocycles. The second-order valence-electron chi connectivity index (χ2n) is 20.2. The molecule has 3 N–H and O–H groups in total. The van der Waals surface area contributed by atoms with Gasteiger partial charge in [-0.2, -0.15) is 0 Å². The van der Waals surface area contributed by atoms with Gasteiger partial charge in [-0.3, -0.25) is 19.2 Å². The van der Waals surface area contributed by atoms with Gasteiger partial charge >= 0.3 is 5.97 Å². The molecule has 14 nitrogen and oxygen atoms in total. The largest absolute Gasteiger partial charge is 0.460 e. The number of cyclic esters (lactones) is 1. The van der Waals surface area contributed by atoms with Crippen molar-refractivity contribution in [1.29, 1.82) is 0 Å². The smallest absolute Gasteiger partial charge is 0.332 e. The van der Waals surface area contributed by atoms with Crippen molar-refractivity contribution in [2.75, 3.05) is 27.9 Å². The number of Topliss-reactive ketones (excluding diaryl/α,β-unsaturated/α-hetero) is 3. The van der Waals surface area contributed by atoms with E-state index in [0.29, 0.717) is 63.4 Å². The third kappa shape index (κ3) is 13.7.